The Balaban J connectivity index is 2.14. The van der Waals surface area contributed by atoms with Crippen molar-refractivity contribution in [2.75, 3.05) is 18.4 Å². The molecule has 14 heavy (non-hydrogen) atoms. The van der Waals surface area contributed by atoms with Crippen molar-refractivity contribution in [1.82, 2.24) is 4.72 Å². The zero-order valence-electron chi connectivity index (χ0n) is 8.04. The van der Waals surface area contributed by atoms with Crippen LogP contribution in [0.5, 0.6) is 0 Å². The number of nitrogens with one attached hydrogen (secondary N) is 1. The van der Waals surface area contributed by atoms with E-state index in [-0.39, 0.29) is 11.3 Å². The highest BCUT2D eigenvalue weighted by Crippen LogP contribution is 2.14. The molecule has 84 valence electrons. The van der Waals surface area contributed by atoms with Crippen molar-refractivity contribution in [2.24, 2.45) is 0 Å². The molecule has 1 heterocycles. The van der Waals surface area contributed by atoms with Gasteiger partial charge in [-0.05, 0) is 25.7 Å². The lowest BCUT2D eigenvalue weighted by molar-refractivity contribution is 0.0123. The van der Waals surface area contributed by atoms with Crippen molar-refractivity contribution < 1.29 is 13.2 Å². The van der Waals surface area contributed by atoms with Crippen LogP contribution in [0.4, 0.5) is 0 Å². The molecule has 0 saturated carbocycles. The van der Waals surface area contributed by atoms with Crippen molar-refractivity contribution in [1.29, 1.82) is 0 Å². The summed E-state index contributed by atoms with van der Waals surface area (Å²) in [6, 6.07) is 0. The van der Waals surface area contributed by atoms with Crippen molar-refractivity contribution >= 4 is 21.6 Å². The molecule has 1 aliphatic heterocycles. The largest absolute Gasteiger partial charge is 0.378 e. The molecule has 1 fully saturated rings. The third-order valence-corrected chi connectivity index (χ3v) is 4.00. The molecule has 0 aliphatic carbocycles. The molecule has 1 rings (SSSR count). The first-order valence-electron chi connectivity index (χ1n) is 4.79. The molecule has 0 radical (unpaired) electrons. The summed E-state index contributed by atoms with van der Waals surface area (Å²) in [5.41, 5.74) is 0. The van der Waals surface area contributed by atoms with Crippen molar-refractivity contribution in [3.05, 3.63) is 0 Å². The van der Waals surface area contributed by atoms with Gasteiger partial charge >= 0.3 is 0 Å². The Labute approximate surface area is 90.0 Å². The number of alkyl halides is 1. The number of halogens is 1. The number of rotatable bonds is 5. The summed E-state index contributed by atoms with van der Waals surface area (Å²) in [7, 11) is -3.26. The predicted octanol–water partition coefficient (Wildman–Crippen LogP) is 1.06. The van der Waals surface area contributed by atoms with Gasteiger partial charge in [-0.2, -0.15) is 0 Å². The van der Waals surface area contributed by atoms with Crippen LogP contribution >= 0.6 is 11.6 Å². The Bertz CT molecular complexity index is 249. The second-order valence-corrected chi connectivity index (χ2v) is 5.79. The third-order valence-electron chi connectivity index (χ3n) is 2.21. The molecule has 0 aromatic carbocycles. The molecule has 1 atom stereocenters. The van der Waals surface area contributed by atoms with Gasteiger partial charge in [-0.15, -0.1) is 11.6 Å². The molecule has 1 saturated heterocycles. The van der Waals surface area contributed by atoms with E-state index < -0.39 is 10.0 Å². The third kappa shape index (κ3) is 4.59. The highest BCUT2D eigenvalue weighted by atomic mass is 35.5. The van der Waals surface area contributed by atoms with Gasteiger partial charge in [-0.25, -0.2) is 13.1 Å². The quantitative estimate of drug-likeness (QED) is 0.733. The first kappa shape index (κ1) is 12.2. The molecule has 0 amide bonds. The number of ether oxygens (including phenoxy) is 1. The fourth-order valence-corrected chi connectivity index (χ4v) is 2.19. The van der Waals surface area contributed by atoms with Gasteiger partial charge in [-0.1, -0.05) is 0 Å². The lowest BCUT2D eigenvalue weighted by atomic mass is 10.1. The van der Waals surface area contributed by atoms with Gasteiger partial charge < -0.3 is 4.74 Å². The normalized spacial score (nSPS) is 23.6. The summed E-state index contributed by atoms with van der Waals surface area (Å²) in [5, 5.41) is -0.376. The number of sulfonamides is 1. The second-order valence-electron chi connectivity index (χ2n) is 3.40. The van der Waals surface area contributed by atoms with Crippen LogP contribution in [0.2, 0.25) is 0 Å². The molecule has 0 aromatic heterocycles. The monoisotopic (exact) mass is 241 g/mol. The first-order valence-corrected chi connectivity index (χ1v) is 6.97. The smallest absolute Gasteiger partial charge is 0.225 e. The van der Waals surface area contributed by atoms with Gasteiger partial charge in [0.05, 0.1) is 6.10 Å². The summed E-state index contributed by atoms with van der Waals surface area (Å²) < 4.78 is 29.8. The molecule has 0 spiro atoms. The van der Waals surface area contributed by atoms with Gasteiger partial charge in [0.2, 0.25) is 10.0 Å². The Morgan fingerprint density at radius 2 is 2.21 bits per heavy atom. The highest BCUT2D eigenvalue weighted by Gasteiger charge is 2.14. The first-order chi connectivity index (χ1) is 6.64. The maximum absolute atomic E-state index is 11.0. The SMILES string of the molecule is O=S(=O)(CCl)NCCC1CCCCO1. The lowest BCUT2D eigenvalue weighted by Crippen LogP contribution is -2.29. The molecule has 1 aliphatic rings. The van der Waals surface area contributed by atoms with E-state index in [0.29, 0.717) is 6.54 Å². The second kappa shape index (κ2) is 5.90. The maximum Gasteiger partial charge on any atom is 0.225 e. The van der Waals surface area contributed by atoms with E-state index in [2.05, 4.69) is 4.72 Å². The maximum atomic E-state index is 11.0. The molecule has 1 unspecified atom stereocenters. The zero-order chi connectivity index (χ0) is 10.4. The van der Waals surface area contributed by atoms with E-state index in [1.165, 1.54) is 6.42 Å². The molecular formula is C8H16ClNO3S. The van der Waals surface area contributed by atoms with Crippen LogP contribution < -0.4 is 4.72 Å². The van der Waals surface area contributed by atoms with Crippen molar-refractivity contribution in [3.8, 4) is 0 Å². The molecular weight excluding hydrogens is 226 g/mol. The molecule has 1 N–H and O–H groups in total. The number of hydrogen-bond donors (Lipinski definition) is 1. The fourth-order valence-electron chi connectivity index (χ4n) is 1.45. The highest BCUT2D eigenvalue weighted by molar-refractivity contribution is 7.90. The summed E-state index contributed by atoms with van der Waals surface area (Å²) >= 11 is 5.23. The van der Waals surface area contributed by atoms with Gasteiger partial charge in [-0.3, -0.25) is 0 Å². The van der Waals surface area contributed by atoms with Gasteiger partial charge in [0, 0.05) is 13.2 Å². The van der Waals surface area contributed by atoms with Gasteiger partial charge in [0.25, 0.3) is 0 Å². The molecule has 0 bridgehead atoms. The Morgan fingerprint density at radius 3 is 2.79 bits per heavy atom. The van der Waals surface area contributed by atoms with Crippen LogP contribution in [0.15, 0.2) is 0 Å². The van der Waals surface area contributed by atoms with E-state index in [9.17, 15) is 8.42 Å². The average molecular weight is 242 g/mol. The van der Waals surface area contributed by atoms with Gasteiger partial charge in [0.1, 0.15) is 5.21 Å². The Kier molecular flexibility index (Phi) is 5.15. The predicted molar refractivity (Wildman–Crippen MR) is 55.9 cm³/mol. The standard InChI is InChI=1S/C8H16ClNO3S/c9-7-14(11,12)10-5-4-8-3-1-2-6-13-8/h8,10H,1-7H2. The van der Waals surface area contributed by atoms with E-state index in [0.717, 1.165) is 25.9 Å². The Morgan fingerprint density at radius 1 is 1.43 bits per heavy atom. The summed E-state index contributed by atoms with van der Waals surface area (Å²) in [5.74, 6) is 0. The topological polar surface area (TPSA) is 55.4 Å². The van der Waals surface area contributed by atoms with Crippen LogP contribution in [0, 0.1) is 0 Å². The average Bonchev–Trinajstić information content (AvgIpc) is 2.19. The van der Waals surface area contributed by atoms with Crippen LogP contribution in [0.1, 0.15) is 25.7 Å². The van der Waals surface area contributed by atoms with Crippen molar-refractivity contribution in [3.63, 3.8) is 0 Å². The lowest BCUT2D eigenvalue weighted by Gasteiger charge is -2.22. The Hall–Kier alpha value is 0.160. The summed E-state index contributed by atoms with van der Waals surface area (Å²) in [6.45, 7) is 1.21. The summed E-state index contributed by atoms with van der Waals surface area (Å²) in [4.78, 5) is 0. The summed E-state index contributed by atoms with van der Waals surface area (Å²) in [6.07, 6.45) is 4.26. The van der Waals surface area contributed by atoms with Gasteiger partial charge in [0.15, 0.2) is 0 Å². The van der Waals surface area contributed by atoms with Crippen LogP contribution in [-0.4, -0.2) is 32.9 Å². The van der Waals surface area contributed by atoms with Crippen LogP contribution in [0.3, 0.4) is 0 Å². The fraction of sp³-hybridized carbons (Fsp3) is 1.00. The van der Waals surface area contributed by atoms with E-state index in [4.69, 9.17) is 16.3 Å². The molecule has 0 aromatic rings. The minimum atomic E-state index is -3.26. The van der Waals surface area contributed by atoms with E-state index >= 15 is 0 Å². The molecule has 4 nitrogen and oxygen atoms in total. The molecule has 6 heteroatoms. The minimum absolute atomic E-state index is 0.210. The van der Waals surface area contributed by atoms with Crippen LogP contribution in [-0.2, 0) is 14.8 Å². The van der Waals surface area contributed by atoms with E-state index in [1.54, 1.807) is 0 Å². The zero-order valence-corrected chi connectivity index (χ0v) is 9.61. The number of hydrogen-bond acceptors (Lipinski definition) is 3. The minimum Gasteiger partial charge on any atom is -0.378 e. The van der Waals surface area contributed by atoms with Crippen molar-refractivity contribution in [2.45, 2.75) is 31.8 Å². The van der Waals surface area contributed by atoms with Crippen LogP contribution in [0.25, 0.3) is 0 Å². The van der Waals surface area contributed by atoms with E-state index in [1.807, 2.05) is 0 Å².